The molecule has 4 nitrogen and oxygen atoms in total. The molecule has 0 saturated carbocycles. The number of rotatable bonds is 4. The van der Waals surface area contributed by atoms with Crippen molar-refractivity contribution in [3.8, 4) is 5.75 Å². The molecule has 0 bridgehead atoms. The van der Waals surface area contributed by atoms with E-state index in [1.54, 1.807) is 25.3 Å². The van der Waals surface area contributed by atoms with Gasteiger partial charge in [-0.1, -0.05) is 12.1 Å². The van der Waals surface area contributed by atoms with E-state index in [1.165, 1.54) is 0 Å². The molecule has 19 heavy (non-hydrogen) atoms. The third-order valence-corrected chi connectivity index (χ3v) is 4.08. The molecule has 5 heteroatoms. The third kappa shape index (κ3) is 3.32. The Morgan fingerprint density at radius 3 is 2.74 bits per heavy atom. The van der Waals surface area contributed by atoms with Crippen LogP contribution in [-0.2, 0) is 16.6 Å². The van der Waals surface area contributed by atoms with E-state index in [9.17, 15) is 4.21 Å². The first-order valence-electron chi connectivity index (χ1n) is 5.84. The summed E-state index contributed by atoms with van der Waals surface area (Å²) in [4.78, 5) is 5.01. The van der Waals surface area contributed by atoms with Gasteiger partial charge in [0, 0.05) is 23.5 Å². The van der Waals surface area contributed by atoms with Gasteiger partial charge in [-0.2, -0.15) is 0 Å². The molecular weight excluding hydrogens is 260 g/mol. The molecule has 1 heterocycles. The van der Waals surface area contributed by atoms with Crippen LogP contribution in [0.15, 0.2) is 41.3 Å². The van der Waals surface area contributed by atoms with Gasteiger partial charge in [-0.25, -0.2) is 0 Å². The molecule has 0 amide bonds. The first kappa shape index (κ1) is 13.5. The molecule has 0 aliphatic rings. The van der Waals surface area contributed by atoms with Gasteiger partial charge < -0.3 is 10.5 Å². The van der Waals surface area contributed by atoms with Crippen LogP contribution in [0.5, 0.6) is 5.75 Å². The van der Waals surface area contributed by atoms with Crippen molar-refractivity contribution in [3.63, 3.8) is 0 Å². The summed E-state index contributed by atoms with van der Waals surface area (Å²) in [5.74, 6) is 1.05. The van der Waals surface area contributed by atoms with Crippen LogP contribution < -0.4 is 10.5 Å². The molecule has 0 saturated heterocycles. The zero-order valence-electron chi connectivity index (χ0n) is 10.9. The summed E-state index contributed by atoms with van der Waals surface area (Å²) in [7, 11) is 0.394. The molecule has 0 radical (unpaired) electrons. The molecular formula is C14H16N2O2S. The minimum absolute atomic E-state index is 0.326. The van der Waals surface area contributed by atoms with E-state index in [1.807, 2.05) is 25.1 Å². The summed E-state index contributed by atoms with van der Waals surface area (Å²) in [5.41, 5.74) is 7.94. The first-order chi connectivity index (χ1) is 9.10. The summed E-state index contributed by atoms with van der Waals surface area (Å²) >= 11 is 0. The van der Waals surface area contributed by atoms with Crippen LogP contribution in [0, 0.1) is 6.92 Å². The molecule has 100 valence electrons. The third-order valence-electron chi connectivity index (χ3n) is 2.66. The lowest BCUT2D eigenvalue weighted by atomic mass is 10.3. The molecule has 2 aromatic rings. The fourth-order valence-corrected chi connectivity index (χ4v) is 2.93. The maximum atomic E-state index is 12.3. The van der Waals surface area contributed by atoms with Crippen LogP contribution in [0.1, 0.15) is 11.4 Å². The number of anilines is 1. The van der Waals surface area contributed by atoms with Crippen molar-refractivity contribution in [3.05, 3.63) is 47.8 Å². The minimum Gasteiger partial charge on any atom is -0.497 e. The Hall–Kier alpha value is -1.88. The number of nitrogens with zero attached hydrogens (tertiary/aromatic N) is 1. The van der Waals surface area contributed by atoms with Gasteiger partial charge in [0.2, 0.25) is 0 Å². The molecule has 1 aromatic carbocycles. The number of ether oxygens (including phenoxy) is 1. The molecule has 1 atom stereocenters. The highest BCUT2D eigenvalue weighted by molar-refractivity contribution is 7.84. The van der Waals surface area contributed by atoms with Crippen molar-refractivity contribution in [2.75, 3.05) is 12.8 Å². The number of pyridine rings is 1. The summed E-state index contributed by atoms with van der Waals surface area (Å²) in [5, 5.41) is 0. The lowest BCUT2D eigenvalue weighted by Gasteiger charge is -2.07. The predicted octanol–water partition coefficient (Wildman–Crippen LogP) is 2.29. The number of nitrogens with two attached hydrogens (primary N) is 1. The topological polar surface area (TPSA) is 65.2 Å². The fraction of sp³-hybridized carbons (Fsp3) is 0.214. The van der Waals surface area contributed by atoms with Crippen LogP contribution >= 0.6 is 0 Å². The number of para-hydroxylation sites is 1. The molecule has 0 spiro atoms. The van der Waals surface area contributed by atoms with Crippen molar-refractivity contribution in [2.45, 2.75) is 17.6 Å². The second-order valence-electron chi connectivity index (χ2n) is 4.17. The van der Waals surface area contributed by atoms with E-state index in [0.29, 0.717) is 16.3 Å². The molecule has 0 aliphatic carbocycles. The van der Waals surface area contributed by atoms with Gasteiger partial charge in [0.1, 0.15) is 5.75 Å². The number of hydrogen-bond acceptors (Lipinski definition) is 4. The normalized spacial score (nSPS) is 12.1. The van der Waals surface area contributed by atoms with Gasteiger partial charge in [-0.05, 0) is 19.1 Å². The largest absolute Gasteiger partial charge is 0.497 e. The van der Waals surface area contributed by atoms with Crippen molar-refractivity contribution in [1.29, 1.82) is 0 Å². The Labute approximate surface area is 115 Å². The second-order valence-corrected chi connectivity index (χ2v) is 5.59. The first-order valence-corrected chi connectivity index (χ1v) is 7.16. The van der Waals surface area contributed by atoms with Gasteiger partial charge in [-0.3, -0.25) is 9.19 Å². The van der Waals surface area contributed by atoms with Gasteiger partial charge in [0.05, 0.1) is 34.3 Å². The average molecular weight is 276 g/mol. The fourth-order valence-electron chi connectivity index (χ4n) is 1.79. The standard InChI is InChI=1S/C14H16N2O2S/c1-10-7-12(18-2)8-11(16-10)9-19(17)14-6-4-3-5-13(14)15/h3-8H,9,15H2,1-2H3. The highest BCUT2D eigenvalue weighted by atomic mass is 32.2. The van der Waals surface area contributed by atoms with Crippen LogP contribution in [0.2, 0.25) is 0 Å². The summed E-state index contributed by atoms with van der Waals surface area (Å²) < 4.78 is 17.5. The van der Waals surface area contributed by atoms with Crippen LogP contribution in [0.4, 0.5) is 5.69 Å². The van der Waals surface area contributed by atoms with Crippen molar-refractivity contribution in [2.24, 2.45) is 0 Å². The molecule has 0 fully saturated rings. The number of hydrogen-bond donors (Lipinski definition) is 1. The van der Waals surface area contributed by atoms with E-state index in [0.717, 1.165) is 17.1 Å². The summed E-state index contributed by atoms with van der Waals surface area (Å²) in [6.45, 7) is 1.88. The van der Waals surface area contributed by atoms with Gasteiger partial charge in [0.25, 0.3) is 0 Å². The number of benzene rings is 1. The second kappa shape index (κ2) is 5.84. The molecule has 1 unspecified atom stereocenters. The van der Waals surface area contributed by atoms with E-state index in [4.69, 9.17) is 10.5 Å². The Morgan fingerprint density at radius 1 is 1.32 bits per heavy atom. The van der Waals surface area contributed by atoms with Crippen molar-refractivity contribution < 1.29 is 8.95 Å². The van der Waals surface area contributed by atoms with Gasteiger partial charge >= 0.3 is 0 Å². The van der Waals surface area contributed by atoms with Gasteiger partial charge in [0.15, 0.2) is 0 Å². The molecule has 0 aliphatic heterocycles. The smallest absolute Gasteiger partial charge is 0.122 e. The highest BCUT2D eigenvalue weighted by Gasteiger charge is 2.10. The summed E-state index contributed by atoms with van der Waals surface area (Å²) in [6.07, 6.45) is 0. The quantitative estimate of drug-likeness (QED) is 0.870. The maximum Gasteiger partial charge on any atom is 0.122 e. The Morgan fingerprint density at radius 2 is 2.05 bits per heavy atom. The van der Waals surface area contributed by atoms with E-state index < -0.39 is 10.8 Å². The SMILES string of the molecule is COc1cc(C)nc(CS(=O)c2ccccc2N)c1. The highest BCUT2D eigenvalue weighted by Crippen LogP contribution is 2.20. The Balaban J connectivity index is 2.24. The van der Waals surface area contributed by atoms with E-state index >= 15 is 0 Å². The number of aryl methyl sites for hydroxylation is 1. The number of nitrogen functional groups attached to an aromatic ring is 1. The Kier molecular flexibility index (Phi) is 4.16. The van der Waals surface area contributed by atoms with Crippen molar-refractivity contribution >= 4 is 16.5 Å². The lowest BCUT2D eigenvalue weighted by molar-refractivity contribution is 0.413. The monoisotopic (exact) mass is 276 g/mol. The lowest BCUT2D eigenvalue weighted by Crippen LogP contribution is -2.03. The zero-order valence-corrected chi connectivity index (χ0v) is 11.7. The molecule has 1 aromatic heterocycles. The van der Waals surface area contributed by atoms with Crippen LogP contribution in [0.25, 0.3) is 0 Å². The molecule has 2 rings (SSSR count). The molecule has 2 N–H and O–H groups in total. The zero-order chi connectivity index (χ0) is 13.8. The van der Waals surface area contributed by atoms with E-state index in [-0.39, 0.29) is 0 Å². The number of aromatic nitrogens is 1. The maximum absolute atomic E-state index is 12.3. The Bertz CT molecular complexity index is 614. The van der Waals surface area contributed by atoms with Crippen LogP contribution in [0.3, 0.4) is 0 Å². The minimum atomic E-state index is -1.21. The average Bonchev–Trinajstić information content (AvgIpc) is 2.38. The van der Waals surface area contributed by atoms with Crippen molar-refractivity contribution in [1.82, 2.24) is 4.98 Å². The van der Waals surface area contributed by atoms with E-state index in [2.05, 4.69) is 4.98 Å². The summed E-state index contributed by atoms with van der Waals surface area (Å²) in [6, 6.07) is 10.8. The van der Waals surface area contributed by atoms with Crippen LogP contribution in [-0.4, -0.2) is 16.3 Å². The number of methoxy groups -OCH3 is 1. The van der Waals surface area contributed by atoms with Gasteiger partial charge in [-0.15, -0.1) is 0 Å². The predicted molar refractivity (Wildman–Crippen MR) is 76.5 cm³/mol.